The molecule has 1 aromatic rings. The number of fused-ring (bicyclic) bond motifs is 1. The third-order valence-corrected chi connectivity index (χ3v) is 6.07. The number of nitrogen functional groups attached to an aromatic ring is 1. The number of quaternary nitrogens is 1. The Morgan fingerprint density at radius 1 is 1.43 bits per heavy atom. The number of alkyl halides is 3. The number of nitrogens with zero attached hydrogens (tertiary/aromatic N) is 2. The maximum absolute atomic E-state index is 12.6. The van der Waals surface area contributed by atoms with Gasteiger partial charge in [0.05, 0.1) is 36.9 Å². The molecule has 4 aliphatic rings. The summed E-state index contributed by atoms with van der Waals surface area (Å²) in [5, 5.41) is 10.6. The van der Waals surface area contributed by atoms with E-state index in [9.17, 15) is 13.2 Å². The van der Waals surface area contributed by atoms with E-state index in [-0.39, 0.29) is 17.1 Å². The Morgan fingerprint density at radius 2 is 2.17 bits per heavy atom. The van der Waals surface area contributed by atoms with Crippen molar-refractivity contribution < 1.29 is 28.0 Å². The molecule has 30 heavy (non-hydrogen) atoms. The molecule has 0 spiro atoms. The van der Waals surface area contributed by atoms with Gasteiger partial charge in [-0.05, 0) is 32.3 Å². The van der Waals surface area contributed by atoms with Crippen molar-refractivity contribution in [3.63, 3.8) is 0 Å². The summed E-state index contributed by atoms with van der Waals surface area (Å²) in [4.78, 5) is 6.30. The van der Waals surface area contributed by atoms with E-state index in [1.165, 1.54) is 6.20 Å². The number of hydrogen-bond acceptors (Lipinski definition) is 6. The van der Waals surface area contributed by atoms with Crippen LogP contribution in [0.25, 0.3) is 0 Å². The standard InChI is InChI=1S/C20H26F3N5O2/c1-10(2)27-15(18-12-3-16(18)28(7-12)13-8-29-9-13)5-14(24)11-4-17(19(25)26-6-11)30-20(21,22)23/h4-6,10,12-13,16,18,24,27H,3,7-9H2,1-2H3,(H2,25,26)/p+1/b15-5-,24-14?/t12-,16?,18+/m0/s1. The van der Waals surface area contributed by atoms with Gasteiger partial charge >= 0.3 is 6.36 Å². The van der Waals surface area contributed by atoms with Gasteiger partial charge in [-0.15, -0.1) is 13.2 Å². The summed E-state index contributed by atoms with van der Waals surface area (Å²) in [6.07, 6.45) is -0.666. The SMILES string of the molecule is CC(C)[NH2+]/C(=C\C(=N)c1cnc(N)c(OC(F)(F)F)c1)[C@@H]1C2C[C@H]1CN2C1COC1. The number of nitrogens with one attached hydrogen (secondary N) is 1. The van der Waals surface area contributed by atoms with Crippen LogP contribution in [0, 0.1) is 17.2 Å². The molecule has 0 aromatic carbocycles. The van der Waals surface area contributed by atoms with Gasteiger partial charge in [0, 0.05) is 30.4 Å². The second kappa shape index (κ2) is 7.82. The minimum absolute atomic E-state index is 0.0891. The first-order valence-electron chi connectivity index (χ1n) is 10.1. The molecular weight excluding hydrogens is 399 g/mol. The lowest BCUT2D eigenvalue weighted by Gasteiger charge is -2.41. The lowest BCUT2D eigenvalue weighted by molar-refractivity contribution is -0.644. The number of pyridine rings is 1. The Kier molecular flexibility index (Phi) is 5.50. The molecule has 5 rings (SSSR count). The highest BCUT2D eigenvalue weighted by atomic mass is 19.4. The van der Waals surface area contributed by atoms with Gasteiger partial charge in [0.1, 0.15) is 5.70 Å². The second-order valence-corrected chi connectivity index (χ2v) is 8.60. The zero-order chi connectivity index (χ0) is 21.6. The van der Waals surface area contributed by atoms with Crippen molar-refractivity contribution in [2.75, 3.05) is 25.5 Å². The van der Waals surface area contributed by atoms with Crippen LogP contribution in [0.3, 0.4) is 0 Å². The lowest BCUT2D eigenvalue weighted by atomic mass is 9.71. The Balaban J connectivity index is 1.56. The summed E-state index contributed by atoms with van der Waals surface area (Å²) in [6.45, 7) is 6.74. The van der Waals surface area contributed by atoms with Gasteiger partial charge in [-0.25, -0.2) is 4.98 Å². The fourth-order valence-electron chi connectivity index (χ4n) is 4.69. The number of rotatable bonds is 7. The molecule has 0 radical (unpaired) electrons. The molecule has 4 fully saturated rings. The molecular formula is C20H27F3N5O2+. The van der Waals surface area contributed by atoms with E-state index in [1.807, 2.05) is 0 Å². The van der Waals surface area contributed by atoms with Gasteiger partial charge in [-0.2, -0.15) is 0 Å². The molecule has 1 saturated carbocycles. The molecule has 0 amide bonds. The minimum atomic E-state index is -4.87. The van der Waals surface area contributed by atoms with Crippen LogP contribution in [-0.4, -0.2) is 59.8 Å². The minimum Gasteiger partial charge on any atom is -0.402 e. The van der Waals surface area contributed by atoms with Crippen molar-refractivity contribution in [1.82, 2.24) is 9.88 Å². The molecule has 3 saturated heterocycles. The summed E-state index contributed by atoms with van der Waals surface area (Å²) < 4.78 is 47.1. The highest BCUT2D eigenvalue weighted by Crippen LogP contribution is 2.50. The van der Waals surface area contributed by atoms with Crippen molar-refractivity contribution >= 4 is 11.5 Å². The fourth-order valence-corrected chi connectivity index (χ4v) is 4.69. The number of allylic oxidation sites excluding steroid dienone is 1. The Morgan fingerprint density at radius 3 is 2.77 bits per heavy atom. The third kappa shape index (κ3) is 4.17. The predicted octanol–water partition coefficient (Wildman–Crippen LogP) is 1.51. The number of aromatic nitrogens is 1. The zero-order valence-electron chi connectivity index (χ0n) is 16.9. The van der Waals surface area contributed by atoms with Gasteiger partial charge in [0.15, 0.2) is 11.6 Å². The lowest BCUT2D eigenvalue weighted by Crippen LogP contribution is -2.88. The van der Waals surface area contributed by atoms with E-state index in [2.05, 4.69) is 33.8 Å². The summed E-state index contributed by atoms with van der Waals surface area (Å²) >= 11 is 0. The Bertz CT molecular complexity index is 853. The molecule has 3 aliphatic heterocycles. The van der Waals surface area contributed by atoms with Crippen molar-refractivity contribution in [2.24, 2.45) is 11.8 Å². The average molecular weight is 426 g/mol. The van der Waals surface area contributed by atoms with Crippen LogP contribution < -0.4 is 15.8 Å². The quantitative estimate of drug-likeness (QED) is 0.574. The number of nitrogens with two attached hydrogens (primary N) is 2. The normalized spacial score (nSPS) is 27.1. The number of anilines is 1. The third-order valence-electron chi connectivity index (χ3n) is 6.07. The Labute approximate surface area is 172 Å². The maximum Gasteiger partial charge on any atom is 0.573 e. The number of halogens is 3. The summed E-state index contributed by atoms with van der Waals surface area (Å²) in [6, 6.07) is 2.33. The molecule has 1 aliphatic carbocycles. The van der Waals surface area contributed by atoms with E-state index in [1.54, 1.807) is 6.08 Å². The first-order valence-corrected chi connectivity index (χ1v) is 10.1. The zero-order valence-corrected chi connectivity index (χ0v) is 16.9. The molecule has 7 nitrogen and oxygen atoms in total. The molecule has 1 unspecified atom stereocenters. The van der Waals surface area contributed by atoms with Crippen LogP contribution in [0.5, 0.6) is 5.75 Å². The highest BCUT2D eigenvalue weighted by Gasteiger charge is 2.57. The molecule has 10 heteroatoms. The van der Waals surface area contributed by atoms with Crippen LogP contribution in [-0.2, 0) is 4.74 Å². The molecule has 164 valence electrons. The molecule has 1 aromatic heterocycles. The first-order chi connectivity index (χ1) is 14.1. The van der Waals surface area contributed by atoms with Crippen molar-refractivity contribution in [3.8, 4) is 5.75 Å². The van der Waals surface area contributed by atoms with Gasteiger partial charge in [-0.1, -0.05) is 0 Å². The maximum atomic E-state index is 12.6. The predicted molar refractivity (Wildman–Crippen MR) is 104 cm³/mol. The van der Waals surface area contributed by atoms with Crippen LogP contribution in [0.4, 0.5) is 19.0 Å². The van der Waals surface area contributed by atoms with E-state index in [4.69, 9.17) is 15.9 Å². The van der Waals surface area contributed by atoms with Crippen LogP contribution in [0.2, 0.25) is 0 Å². The molecule has 2 bridgehead atoms. The number of hydrogen-bond donors (Lipinski definition) is 3. The van der Waals surface area contributed by atoms with E-state index < -0.39 is 12.1 Å². The van der Waals surface area contributed by atoms with Crippen LogP contribution >= 0.6 is 0 Å². The van der Waals surface area contributed by atoms with Gasteiger partial charge in [0.2, 0.25) is 0 Å². The van der Waals surface area contributed by atoms with Crippen LogP contribution in [0.1, 0.15) is 25.8 Å². The van der Waals surface area contributed by atoms with Gasteiger partial charge in [-0.3, -0.25) is 10.3 Å². The molecule has 5 N–H and O–H groups in total. The Hall–Kier alpha value is -2.17. The first kappa shape index (κ1) is 21.1. The summed E-state index contributed by atoms with van der Waals surface area (Å²) in [5.74, 6) is -0.0797. The van der Waals surface area contributed by atoms with Crippen LogP contribution in [0.15, 0.2) is 24.0 Å². The highest BCUT2D eigenvalue weighted by molar-refractivity contribution is 6.07. The number of ether oxygens (including phenoxy) is 2. The van der Waals surface area contributed by atoms with Gasteiger partial charge < -0.3 is 20.5 Å². The molecule has 3 atom stereocenters. The van der Waals surface area contributed by atoms with E-state index in [0.717, 1.165) is 37.9 Å². The molecule has 4 heterocycles. The summed E-state index contributed by atoms with van der Waals surface area (Å²) in [7, 11) is 0. The average Bonchev–Trinajstić information content (AvgIpc) is 3.12. The fraction of sp³-hybridized carbons (Fsp3) is 0.600. The van der Waals surface area contributed by atoms with Crippen molar-refractivity contribution in [2.45, 2.75) is 44.8 Å². The van der Waals surface area contributed by atoms with Crippen molar-refractivity contribution in [1.29, 1.82) is 5.41 Å². The monoisotopic (exact) mass is 426 g/mol. The summed E-state index contributed by atoms with van der Waals surface area (Å²) in [5.41, 5.74) is 6.89. The van der Waals surface area contributed by atoms with Gasteiger partial charge in [0.25, 0.3) is 0 Å². The largest absolute Gasteiger partial charge is 0.573 e. The topological polar surface area (TPSA) is 101 Å². The van der Waals surface area contributed by atoms with E-state index >= 15 is 0 Å². The smallest absolute Gasteiger partial charge is 0.402 e. The second-order valence-electron chi connectivity index (χ2n) is 8.60. The van der Waals surface area contributed by atoms with E-state index in [0.29, 0.717) is 30.0 Å². The van der Waals surface area contributed by atoms with Crippen molar-refractivity contribution in [3.05, 3.63) is 29.6 Å².